The maximum absolute atomic E-state index is 5.06. The van der Waals surface area contributed by atoms with Crippen molar-refractivity contribution >= 4 is 87.1 Å². The third-order valence-corrected chi connectivity index (χ3v) is 18.3. The van der Waals surface area contributed by atoms with Gasteiger partial charge in [0.15, 0.2) is 11.2 Å². The van der Waals surface area contributed by atoms with E-state index in [1.165, 1.54) is 75.2 Å². The first-order valence-electron chi connectivity index (χ1n) is 41.7. The monoisotopic (exact) mass is 1570 g/mol. The van der Waals surface area contributed by atoms with Gasteiger partial charge in [0.2, 0.25) is 0 Å². The van der Waals surface area contributed by atoms with Crippen molar-refractivity contribution in [3.05, 3.63) is 271 Å². The number of hydrogen-bond donors (Lipinski definition) is 0. The molecular formula is C97H141N13OS2. The van der Waals surface area contributed by atoms with Crippen molar-refractivity contribution in [1.82, 2.24) is 62.3 Å². The molecule has 0 fully saturated rings. The van der Waals surface area contributed by atoms with Crippen LogP contribution in [0.3, 0.4) is 0 Å². The Bertz CT molecular complexity index is 4520. The Hall–Kier alpha value is -9.77. The van der Waals surface area contributed by atoms with Gasteiger partial charge in [-0.15, -0.1) is 21.5 Å². The zero-order valence-electron chi connectivity index (χ0n) is 75.0. The van der Waals surface area contributed by atoms with E-state index in [9.17, 15) is 0 Å². The van der Waals surface area contributed by atoms with Crippen molar-refractivity contribution in [2.45, 2.75) is 269 Å². The molecule has 16 rings (SSSR count). The van der Waals surface area contributed by atoms with Gasteiger partial charge < -0.3 is 17.7 Å². The minimum atomic E-state index is 0.419. The topological polar surface area (TPSA) is 147 Å². The van der Waals surface area contributed by atoms with Crippen LogP contribution in [0.2, 0.25) is 0 Å². The van der Waals surface area contributed by atoms with Crippen molar-refractivity contribution in [1.29, 1.82) is 0 Å². The van der Waals surface area contributed by atoms with Gasteiger partial charge in [-0.1, -0.05) is 300 Å². The van der Waals surface area contributed by atoms with E-state index in [2.05, 4.69) is 266 Å². The van der Waals surface area contributed by atoms with Gasteiger partial charge in [0.05, 0.1) is 51.5 Å². The lowest BCUT2D eigenvalue weighted by Crippen LogP contribution is -1.95. The molecule has 3 aromatic carbocycles. The summed E-state index contributed by atoms with van der Waals surface area (Å²) in [5, 5.41) is 18.1. The number of benzene rings is 3. The summed E-state index contributed by atoms with van der Waals surface area (Å²) in [6.45, 7) is 66.7. The van der Waals surface area contributed by atoms with Crippen LogP contribution in [0.1, 0.15) is 314 Å². The number of aromatic nitrogens is 13. The van der Waals surface area contributed by atoms with Crippen molar-refractivity contribution in [3.63, 3.8) is 0 Å². The van der Waals surface area contributed by atoms with Crippen molar-refractivity contribution in [2.24, 2.45) is 0 Å². The summed E-state index contributed by atoms with van der Waals surface area (Å²) in [5.74, 6) is 6.27. The second-order valence-electron chi connectivity index (χ2n) is 26.2. The molecule has 0 radical (unpaired) electrons. The van der Waals surface area contributed by atoms with Gasteiger partial charge in [-0.25, -0.2) is 15.0 Å². The first-order chi connectivity index (χ1) is 54.8. The molecule has 0 aliphatic carbocycles. The highest BCUT2D eigenvalue weighted by Gasteiger charge is 2.12. The predicted octanol–water partition coefficient (Wildman–Crippen LogP) is 30.6. The summed E-state index contributed by atoms with van der Waals surface area (Å²) >= 11 is 3.46. The molecule has 13 heterocycles. The second-order valence-corrected chi connectivity index (χ2v) is 28.2. The van der Waals surface area contributed by atoms with Gasteiger partial charge in [-0.05, 0) is 143 Å². The highest BCUT2D eigenvalue weighted by atomic mass is 32.1. The Balaban J connectivity index is 0.000000629. The first-order valence-corrected chi connectivity index (χ1v) is 43.3. The number of nitrogens with zero attached hydrogens (tertiary/aromatic N) is 13. The van der Waals surface area contributed by atoms with E-state index in [0.29, 0.717) is 47.3 Å². The fraction of sp³-hybridized carbons (Fsp3) is 0.412. The van der Waals surface area contributed by atoms with Gasteiger partial charge in [0, 0.05) is 98.2 Å². The average Bonchev–Trinajstić information content (AvgIpc) is 1.08. The van der Waals surface area contributed by atoms with Crippen LogP contribution in [0.15, 0.2) is 231 Å². The molecule has 612 valence electrons. The SMILES string of the molecule is CC.CC.CC.CC.CC.CC.CC.CC.CC(C)c1cc2cnccc2s1.CC(C)c1ccc2cnoc2c1.CC(C)c1cnc2ccccn12.CC(C)c1ncc2ccccn12.CC(C)c1nccc2ccccc12.CC(C)c1ncn2ccccc12.CC(C)c1nnc2ccccn12.CC(C)c1nsc2ccccc12. The molecule has 16 aromatic rings. The molecule has 113 heavy (non-hydrogen) atoms. The molecule has 13 aromatic heterocycles. The molecule has 14 nitrogen and oxygen atoms in total. The van der Waals surface area contributed by atoms with E-state index in [-0.39, 0.29) is 0 Å². The molecule has 0 saturated carbocycles. The summed E-state index contributed by atoms with van der Waals surface area (Å²) < 4.78 is 20.5. The molecule has 0 N–H and O–H groups in total. The van der Waals surface area contributed by atoms with Crippen molar-refractivity contribution in [3.8, 4) is 0 Å². The smallest absolute Gasteiger partial charge is 0.167 e. The quantitative estimate of drug-likeness (QED) is 0.144. The van der Waals surface area contributed by atoms with Gasteiger partial charge >= 0.3 is 0 Å². The van der Waals surface area contributed by atoms with Crippen LogP contribution in [0.25, 0.3) is 64.2 Å². The van der Waals surface area contributed by atoms with E-state index >= 15 is 0 Å². The highest BCUT2D eigenvalue weighted by molar-refractivity contribution is 7.19. The van der Waals surface area contributed by atoms with Gasteiger partial charge in [-0.3, -0.25) is 14.4 Å². The van der Waals surface area contributed by atoms with Crippen LogP contribution in [0.4, 0.5) is 0 Å². The molecule has 16 heteroatoms. The molecule has 0 amide bonds. The summed E-state index contributed by atoms with van der Waals surface area (Å²) in [5.41, 5.74) is 11.4. The number of fused-ring (bicyclic) bond motifs is 8. The molecule has 0 unspecified atom stereocenters. The summed E-state index contributed by atoms with van der Waals surface area (Å²) in [4.78, 5) is 23.0. The third kappa shape index (κ3) is 31.3. The standard InChI is InChI=1S/C12H13N.3C10H12N2.C10H11NO.2C10H11NS.C9H11N3.8C2H6/c1-9(2)12-11-6-4-3-5-10(11)7-8-13-12;1-8(2)9-7-11-10-5-3-4-6-12(9)10;1-8(2)10-9-5-3-4-6-12(9)7-11-10;1-8(2)10-11-7-9-5-3-4-6-12(9)10;1-7(2)8-3-4-9-6-11-12-10(9)5-8;1-7(2)10-5-8-6-11-4-3-9(8)12-10;1-7(2)10-8-5-3-4-6-9(8)12-11-10;1-7(2)9-11-10-8-5-3-4-6-12(8)9;8*1-2/h3-9H,1-2H3;3*3-8H,1-2H3;4*3-7H,1-2H3;8*1-2H3. The lowest BCUT2D eigenvalue weighted by atomic mass is 10.0. The van der Waals surface area contributed by atoms with Crippen LogP contribution in [-0.2, 0) is 0 Å². The fourth-order valence-electron chi connectivity index (χ4n) is 10.8. The number of thiophene rings is 1. The molecule has 0 aliphatic rings. The minimum absolute atomic E-state index is 0.419. The number of hydrogen-bond acceptors (Lipinski definition) is 12. The second kappa shape index (κ2) is 57.3. The zero-order chi connectivity index (χ0) is 85.1. The summed E-state index contributed by atoms with van der Waals surface area (Å²) in [7, 11) is 0. The van der Waals surface area contributed by atoms with Crippen molar-refractivity contribution < 1.29 is 4.52 Å². The maximum Gasteiger partial charge on any atom is 0.167 e. The van der Waals surface area contributed by atoms with Gasteiger partial charge in [0.1, 0.15) is 17.3 Å². The predicted molar refractivity (Wildman–Crippen MR) is 497 cm³/mol. The molecule has 0 atom stereocenters. The van der Waals surface area contributed by atoms with E-state index in [1.807, 2.05) is 249 Å². The average molecular weight is 1570 g/mol. The Kier molecular flexibility index (Phi) is 51.3. The zero-order valence-corrected chi connectivity index (χ0v) is 76.7. The van der Waals surface area contributed by atoms with Crippen LogP contribution in [0, 0.1) is 0 Å². The first kappa shape index (κ1) is 101. The Labute approximate surface area is 689 Å². The van der Waals surface area contributed by atoms with Crippen LogP contribution in [0.5, 0.6) is 0 Å². The summed E-state index contributed by atoms with van der Waals surface area (Å²) in [6, 6.07) is 53.6. The third-order valence-electron chi connectivity index (χ3n) is 16.1. The van der Waals surface area contributed by atoms with Crippen LogP contribution in [-0.4, -0.2) is 62.3 Å². The normalized spacial score (nSPS) is 10.1. The highest BCUT2D eigenvalue weighted by Crippen LogP contribution is 2.31. The Morgan fingerprint density at radius 1 is 0.354 bits per heavy atom. The van der Waals surface area contributed by atoms with Gasteiger partial charge in [0.25, 0.3) is 0 Å². The summed E-state index contributed by atoms with van der Waals surface area (Å²) in [6.07, 6.45) is 21.2. The minimum Gasteiger partial charge on any atom is -0.356 e. The molecular weight excluding hydrogens is 1430 g/mol. The van der Waals surface area contributed by atoms with Crippen molar-refractivity contribution in [2.75, 3.05) is 0 Å². The molecule has 0 spiro atoms. The molecule has 0 bridgehead atoms. The number of rotatable bonds is 8. The number of imidazole rings is 3. The van der Waals surface area contributed by atoms with Crippen LogP contribution >= 0.6 is 22.9 Å². The Morgan fingerprint density at radius 3 is 1.52 bits per heavy atom. The largest absolute Gasteiger partial charge is 0.356 e. The van der Waals surface area contributed by atoms with Crippen LogP contribution < -0.4 is 0 Å². The Morgan fingerprint density at radius 2 is 0.920 bits per heavy atom. The van der Waals surface area contributed by atoms with E-state index in [0.717, 1.165) is 33.9 Å². The van der Waals surface area contributed by atoms with E-state index in [4.69, 9.17) is 4.52 Å². The number of pyridine rings is 6. The molecule has 0 saturated heterocycles. The maximum atomic E-state index is 5.06. The van der Waals surface area contributed by atoms with E-state index < -0.39 is 0 Å². The van der Waals surface area contributed by atoms with Gasteiger partial charge in [-0.2, -0.15) is 4.37 Å². The fourth-order valence-corrected chi connectivity index (χ4v) is 12.7. The lowest BCUT2D eigenvalue weighted by molar-refractivity contribution is 0.456. The molecule has 0 aliphatic heterocycles. The lowest BCUT2D eigenvalue weighted by Gasteiger charge is -2.07. The van der Waals surface area contributed by atoms with E-state index in [1.54, 1.807) is 17.7 Å².